The number of rotatable bonds is 7. The van der Waals surface area contributed by atoms with E-state index in [1.54, 1.807) is 18.2 Å². The van der Waals surface area contributed by atoms with Gasteiger partial charge in [-0.15, -0.1) is 0 Å². The number of nitrogens with zero attached hydrogens (tertiary/aromatic N) is 3. The molecule has 7 nitrogen and oxygen atoms in total. The van der Waals surface area contributed by atoms with Crippen LogP contribution < -0.4 is 13.8 Å². The number of halogens is 3. The van der Waals surface area contributed by atoms with Crippen molar-refractivity contribution in [2.75, 3.05) is 18.5 Å². The first-order valence-electron chi connectivity index (χ1n) is 7.92. The fourth-order valence-electron chi connectivity index (χ4n) is 2.49. The zero-order chi connectivity index (χ0) is 21.2. The molecule has 0 aliphatic carbocycles. The van der Waals surface area contributed by atoms with E-state index in [-0.39, 0.29) is 16.1 Å². The second kappa shape index (κ2) is 8.59. The minimum atomic E-state index is -4.51. The van der Waals surface area contributed by atoms with E-state index >= 15 is 0 Å². The van der Waals surface area contributed by atoms with E-state index in [0.29, 0.717) is 23.1 Å². The first-order valence-corrected chi connectivity index (χ1v) is 10.9. The smallest absolute Gasteiger partial charge is 0.269 e. The van der Waals surface area contributed by atoms with Crippen LogP contribution in [0.25, 0.3) is 0 Å². The van der Waals surface area contributed by atoms with E-state index in [1.165, 1.54) is 20.5 Å². The Bertz CT molecular complexity index is 1130. The van der Waals surface area contributed by atoms with Crippen LogP contribution >= 0.6 is 27.5 Å². The van der Waals surface area contributed by atoms with Crippen molar-refractivity contribution in [3.63, 3.8) is 0 Å². The predicted octanol–water partition coefficient (Wildman–Crippen LogP) is 3.99. The van der Waals surface area contributed by atoms with Crippen molar-refractivity contribution in [3.05, 3.63) is 58.3 Å². The molecule has 0 bridgehead atoms. The monoisotopic (exact) mass is 505 g/mol. The van der Waals surface area contributed by atoms with Gasteiger partial charge in [-0.1, -0.05) is 0 Å². The Kier molecular flexibility index (Phi) is 6.34. The molecular formula is C17H14BrF2N3O4S2. The van der Waals surface area contributed by atoms with Crippen LogP contribution in [-0.4, -0.2) is 32.0 Å². The second-order valence-corrected chi connectivity index (χ2v) is 9.05. The summed E-state index contributed by atoms with van der Waals surface area (Å²) >= 11 is 3.64. The summed E-state index contributed by atoms with van der Waals surface area (Å²) in [6.07, 6.45) is 1.17. The molecule has 12 heteroatoms. The van der Waals surface area contributed by atoms with Crippen molar-refractivity contribution >= 4 is 42.6 Å². The highest BCUT2D eigenvalue weighted by atomic mass is 79.9. The molecule has 0 unspecified atom stereocenters. The molecule has 0 saturated carbocycles. The lowest BCUT2D eigenvalue weighted by Crippen LogP contribution is -2.31. The molecule has 1 aromatic heterocycles. The average Bonchev–Trinajstić information content (AvgIpc) is 3.22. The maximum absolute atomic E-state index is 14.4. The number of hydrogen-bond acceptors (Lipinski definition) is 7. The van der Waals surface area contributed by atoms with Crippen molar-refractivity contribution in [2.45, 2.75) is 11.4 Å². The molecule has 0 N–H and O–H groups in total. The Morgan fingerprint density at radius 3 is 2.52 bits per heavy atom. The molecular weight excluding hydrogens is 492 g/mol. The van der Waals surface area contributed by atoms with E-state index in [2.05, 4.69) is 25.3 Å². The van der Waals surface area contributed by atoms with Crippen molar-refractivity contribution in [3.8, 4) is 11.5 Å². The predicted molar refractivity (Wildman–Crippen MR) is 107 cm³/mol. The van der Waals surface area contributed by atoms with Gasteiger partial charge in [-0.2, -0.15) is 4.37 Å². The number of benzene rings is 2. The summed E-state index contributed by atoms with van der Waals surface area (Å²) in [5.41, 5.74) is 0.463. The Balaban J connectivity index is 2.11. The van der Waals surface area contributed by atoms with Crippen LogP contribution in [0.2, 0.25) is 0 Å². The summed E-state index contributed by atoms with van der Waals surface area (Å²) in [6, 6.07) is 6.20. The molecule has 3 rings (SSSR count). The lowest BCUT2D eigenvalue weighted by atomic mass is 10.2. The van der Waals surface area contributed by atoms with Crippen molar-refractivity contribution in [1.29, 1.82) is 0 Å². The highest BCUT2D eigenvalue weighted by Crippen LogP contribution is 2.33. The van der Waals surface area contributed by atoms with Crippen LogP contribution in [0.1, 0.15) is 5.56 Å². The van der Waals surface area contributed by atoms with Gasteiger partial charge in [-0.05, 0) is 40.2 Å². The van der Waals surface area contributed by atoms with Crippen LogP contribution in [0.3, 0.4) is 0 Å². The third kappa shape index (κ3) is 4.33. The fraction of sp³-hybridized carbons (Fsp3) is 0.176. The Labute approximate surface area is 178 Å². The number of hydrogen-bond donors (Lipinski definition) is 0. The SMILES string of the molecule is COc1ccc(CN(c2ncns2)S(=O)(=O)c2cc(F)c(Br)cc2F)c(OC)c1. The Morgan fingerprint density at radius 1 is 1.14 bits per heavy atom. The number of anilines is 1. The third-order valence-corrected chi connectivity index (χ3v) is 7.08. The van der Waals surface area contributed by atoms with Crippen LogP contribution in [0.15, 0.2) is 46.0 Å². The lowest BCUT2D eigenvalue weighted by molar-refractivity contribution is 0.391. The summed E-state index contributed by atoms with van der Waals surface area (Å²) in [5.74, 6) is -1.15. The summed E-state index contributed by atoms with van der Waals surface area (Å²) in [6.45, 7) is -0.248. The Morgan fingerprint density at radius 2 is 1.90 bits per heavy atom. The molecule has 0 aliphatic heterocycles. The number of ether oxygens (including phenoxy) is 2. The first kappa shape index (κ1) is 21.4. The van der Waals surface area contributed by atoms with Gasteiger partial charge in [0.2, 0.25) is 5.13 Å². The van der Waals surface area contributed by atoms with E-state index in [9.17, 15) is 17.2 Å². The minimum Gasteiger partial charge on any atom is -0.497 e. The zero-order valence-electron chi connectivity index (χ0n) is 15.1. The largest absolute Gasteiger partial charge is 0.497 e. The highest BCUT2D eigenvalue weighted by molar-refractivity contribution is 9.10. The third-order valence-electron chi connectivity index (χ3n) is 3.91. The standard InChI is InChI=1S/C17H14BrF2N3O4S2/c1-26-11-4-3-10(15(5-11)27-2)8-23(17-21-9-22-28-17)29(24,25)16-7-13(19)12(18)6-14(16)20/h3-7,9H,8H2,1-2H3. The van der Waals surface area contributed by atoms with Gasteiger partial charge in [0.05, 0.1) is 25.2 Å². The van der Waals surface area contributed by atoms with E-state index in [4.69, 9.17) is 9.47 Å². The molecule has 0 spiro atoms. The van der Waals surface area contributed by atoms with Crippen LogP contribution in [0.5, 0.6) is 11.5 Å². The summed E-state index contributed by atoms with van der Waals surface area (Å²) < 4.78 is 69.8. The van der Waals surface area contributed by atoms with Gasteiger partial charge in [0, 0.05) is 23.2 Å². The van der Waals surface area contributed by atoms with Gasteiger partial charge in [0.1, 0.15) is 34.4 Å². The van der Waals surface area contributed by atoms with Gasteiger partial charge < -0.3 is 9.47 Å². The molecule has 29 heavy (non-hydrogen) atoms. The first-order chi connectivity index (χ1) is 13.8. The molecule has 0 saturated heterocycles. The topological polar surface area (TPSA) is 81.6 Å². The molecule has 154 valence electrons. The lowest BCUT2D eigenvalue weighted by Gasteiger charge is -2.23. The minimum absolute atomic E-state index is 0.00871. The van der Waals surface area contributed by atoms with Crippen molar-refractivity contribution in [2.24, 2.45) is 0 Å². The summed E-state index contributed by atoms with van der Waals surface area (Å²) in [4.78, 5) is 3.11. The Hall–Kier alpha value is -2.31. The van der Waals surface area contributed by atoms with Gasteiger partial charge >= 0.3 is 0 Å². The van der Waals surface area contributed by atoms with E-state index < -0.39 is 26.6 Å². The molecule has 0 atom stereocenters. The number of methoxy groups -OCH3 is 2. The fourth-order valence-corrected chi connectivity index (χ4v) is 5.00. The highest BCUT2D eigenvalue weighted by Gasteiger charge is 2.32. The number of sulfonamides is 1. The van der Waals surface area contributed by atoms with Crippen LogP contribution in [-0.2, 0) is 16.6 Å². The van der Waals surface area contributed by atoms with Crippen molar-refractivity contribution < 1.29 is 26.7 Å². The maximum Gasteiger partial charge on any atom is 0.269 e. The maximum atomic E-state index is 14.4. The van der Waals surface area contributed by atoms with E-state index in [0.717, 1.165) is 21.9 Å². The van der Waals surface area contributed by atoms with Crippen LogP contribution in [0.4, 0.5) is 13.9 Å². The van der Waals surface area contributed by atoms with Gasteiger partial charge in [-0.3, -0.25) is 0 Å². The second-order valence-electron chi connectivity index (χ2n) is 5.61. The van der Waals surface area contributed by atoms with E-state index in [1.807, 2.05) is 0 Å². The quantitative estimate of drug-likeness (QED) is 0.451. The summed E-state index contributed by atoms with van der Waals surface area (Å²) in [7, 11) is -1.61. The van der Waals surface area contributed by atoms with Gasteiger partial charge in [-0.25, -0.2) is 26.5 Å². The molecule has 0 radical (unpaired) electrons. The van der Waals surface area contributed by atoms with Crippen molar-refractivity contribution in [1.82, 2.24) is 9.36 Å². The van der Waals surface area contributed by atoms with Gasteiger partial charge in [0.25, 0.3) is 10.0 Å². The molecule has 1 heterocycles. The molecule has 0 fully saturated rings. The van der Waals surface area contributed by atoms with Gasteiger partial charge in [0.15, 0.2) is 0 Å². The normalized spacial score (nSPS) is 11.3. The summed E-state index contributed by atoms with van der Waals surface area (Å²) in [5, 5.41) is -0.00871. The van der Waals surface area contributed by atoms with Crippen LogP contribution in [0, 0.1) is 11.6 Å². The molecule has 3 aromatic rings. The molecule has 0 aliphatic rings. The molecule has 2 aromatic carbocycles. The molecule has 0 amide bonds. The average molecular weight is 506 g/mol. The zero-order valence-corrected chi connectivity index (χ0v) is 18.3. The number of aromatic nitrogens is 2.